The number of carboxylic acids is 1. The van der Waals surface area contributed by atoms with Gasteiger partial charge in [-0.3, -0.25) is 4.79 Å². The molecule has 1 aliphatic carbocycles. The largest absolute Gasteiger partial charge is 0.497 e. The minimum Gasteiger partial charge on any atom is -0.497 e. The molecule has 1 aliphatic rings. The summed E-state index contributed by atoms with van der Waals surface area (Å²) in [6.07, 6.45) is 5.15. The van der Waals surface area contributed by atoms with E-state index in [0.717, 1.165) is 35.1 Å². The lowest BCUT2D eigenvalue weighted by Gasteiger charge is -2.19. The first-order chi connectivity index (χ1) is 16.0. The lowest BCUT2D eigenvalue weighted by molar-refractivity contribution is -0.136. The van der Waals surface area contributed by atoms with E-state index in [1.807, 2.05) is 36.4 Å². The van der Waals surface area contributed by atoms with Crippen LogP contribution in [0.5, 0.6) is 11.5 Å². The topological polar surface area (TPSA) is 55.8 Å². The average Bonchev–Trinajstić information content (AvgIpc) is 3.37. The Kier molecular flexibility index (Phi) is 7.28. The van der Waals surface area contributed by atoms with Crippen molar-refractivity contribution >= 4 is 5.97 Å². The fourth-order valence-electron chi connectivity index (χ4n) is 4.57. The first kappa shape index (κ1) is 22.8. The fourth-order valence-corrected chi connectivity index (χ4v) is 4.57. The number of rotatable bonds is 9. The number of aryl methyl sites for hydroxylation is 1. The molecule has 3 aromatic rings. The van der Waals surface area contributed by atoms with Crippen LogP contribution in [0, 0.1) is 5.82 Å². The highest BCUT2D eigenvalue weighted by molar-refractivity contribution is 5.71. The van der Waals surface area contributed by atoms with E-state index in [4.69, 9.17) is 14.6 Å². The van der Waals surface area contributed by atoms with Gasteiger partial charge in [-0.2, -0.15) is 0 Å². The van der Waals surface area contributed by atoms with Crippen molar-refractivity contribution in [3.63, 3.8) is 0 Å². The second-order valence-electron chi connectivity index (χ2n) is 8.58. The highest BCUT2D eigenvalue weighted by Crippen LogP contribution is 2.41. The molecule has 0 radical (unpaired) electrons. The Morgan fingerprint density at radius 2 is 1.79 bits per heavy atom. The van der Waals surface area contributed by atoms with Crippen LogP contribution >= 0.6 is 0 Å². The molecule has 4 nitrogen and oxygen atoms in total. The van der Waals surface area contributed by atoms with Gasteiger partial charge in [0.15, 0.2) is 0 Å². The van der Waals surface area contributed by atoms with E-state index in [1.165, 1.54) is 18.9 Å². The third-order valence-electron chi connectivity index (χ3n) is 6.31. The van der Waals surface area contributed by atoms with Gasteiger partial charge >= 0.3 is 5.97 Å². The van der Waals surface area contributed by atoms with E-state index in [0.29, 0.717) is 36.0 Å². The van der Waals surface area contributed by atoms with Crippen LogP contribution < -0.4 is 9.47 Å². The van der Waals surface area contributed by atoms with Crippen molar-refractivity contribution in [1.82, 2.24) is 0 Å². The molecule has 172 valence electrons. The maximum absolute atomic E-state index is 14.8. The maximum Gasteiger partial charge on any atom is 0.303 e. The molecule has 0 amide bonds. The molecule has 0 spiro atoms. The Morgan fingerprint density at radius 3 is 2.55 bits per heavy atom. The molecule has 1 N–H and O–H groups in total. The number of hydrogen-bond acceptors (Lipinski definition) is 3. The molecule has 1 fully saturated rings. The molecule has 0 unspecified atom stereocenters. The predicted octanol–water partition coefficient (Wildman–Crippen LogP) is 6.76. The Balaban J connectivity index is 1.57. The molecule has 0 atom stereocenters. The number of methoxy groups -OCH3 is 1. The summed E-state index contributed by atoms with van der Waals surface area (Å²) >= 11 is 0. The Hall–Kier alpha value is -3.34. The minimum absolute atomic E-state index is 0.0937. The number of halogens is 1. The van der Waals surface area contributed by atoms with E-state index in [9.17, 15) is 9.18 Å². The van der Waals surface area contributed by atoms with Crippen molar-refractivity contribution in [2.24, 2.45) is 0 Å². The average molecular weight is 449 g/mol. The van der Waals surface area contributed by atoms with Crippen molar-refractivity contribution in [2.45, 2.75) is 51.0 Å². The number of hydrogen-bond donors (Lipinski definition) is 1. The van der Waals surface area contributed by atoms with E-state index in [2.05, 4.69) is 6.07 Å². The van der Waals surface area contributed by atoms with Crippen molar-refractivity contribution < 1.29 is 23.8 Å². The van der Waals surface area contributed by atoms with Crippen LogP contribution in [0.1, 0.15) is 54.7 Å². The van der Waals surface area contributed by atoms with Crippen LogP contribution in [0.4, 0.5) is 4.39 Å². The lowest BCUT2D eigenvalue weighted by atomic mass is 9.88. The lowest BCUT2D eigenvalue weighted by Crippen LogP contribution is -2.02. The minimum atomic E-state index is -0.812. The summed E-state index contributed by atoms with van der Waals surface area (Å²) in [5.41, 5.74) is 4.61. The van der Waals surface area contributed by atoms with Crippen LogP contribution in [0.25, 0.3) is 11.1 Å². The van der Waals surface area contributed by atoms with Crippen LogP contribution in [0.15, 0.2) is 60.7 Å². The molecule has 4 rings (SSSR count). The van der Waals surface area contributed by atoms with Crippen LogP contribution in [-0.4, -0.2) is 18.2 Å². The molecule has 1 saturated carbocycles. The summed E-state index contributed by atoms with van der Waals surface area (Å²) in [6, 6.07) is 18.6. The molecular weight excluding hydrogens is 419 g/mol. The number of carboxylic acid groups (broad SMARTS) is 1. The normalized spacial score (nSPS) is 13.8. The molecular formula is C28H29FO4. The smallest absolute Gasteiger partial charge is 0.303 e. The van der Waals surface area contributed by atoms with Gasteiger partial charge in [0.2, 0.25) is 0 Å². The highest BCUT2D eigenvalue weighted by atomic mass is 19.1. The Morgan fingerprint density at radius 1 is 0.970 bits per heavy atom. The third kappa shape index (κ3) is 5.72. The maximum atomic E-state index is 14.8. The molecule has 0 saturated heterocycles. The number of ether oxygens (including phenoxy) is 2. The molecule has 0 bridgehead atoms. The zero-order valence-electron chi connectivity index (χ0n) is 18.9. The molecule has 5 heteroatoms. The quantitative estimate of drug-likeness (QED) is 0.393. The van der Waals surface area contributed by atoms with Gasteiger partial charge in [0.1, 0.15) is 23.9 Å². The number of benzene rings is 3. The van der Waals surface area contributed by atoms with Gasteiger partial charge in [-0.25, -0.2) is 4.39 Å². The van der Waals surface area contributed by atoms with E-state index < -0.39 is 5.97 Å². The second-order valence-corrected chi connectivity index (χ2v) is 8.58. The van der Waals surface area contributed by atoms with Crippen LogP contribution in [0.3, 0.4) is 0 Å². The van der Waals surface area contributed by atoms with Gasteiger partial charge in [0.25, 0.3) is 0 Å². The zero-order chi connectivity index (χ0) is 23.2. The van der Waals surface area contributed by atoms with Gasteiger partial charge in [0, 0.05) is 12.0 Å². The summed E-state index contributed by atoms with van der Waals surface area (Å²) in [4.78, 5) is 10.8. The van der Waals surface area contributed by atoms with Gasteiger partial charge in [-0.1, -0.05) is 43.2 Å². The van der Waals surface area contributed by atoms with Crippen LogP contribution in [-0.2, 0) is 17.8 Å². The van der Waals surface area contributed by atoms with Gasteiger partial charge in [0.05, 0.1) is 7.11 Å². The number of carbonyl (C=O) groups is 1. The Labute approximate surface area is 194 Å². The van der Waals surface area contributed by atoms with Crippen molar-refractivity contribution in [2.75, 3.05) is 7.11 Å². The fraction of sp³-hybridized carbons (Fsp3) is 0.321. The summed E-state index contributed by atoms with van der Waals surface area (Å²) in [7, 11) is 1.59. The molecule has 3 aromatic carbocycles. The molecule has 0 aromatic heterocycles. The van der Waals surface area contributed by atoms with Crippen LogP contribution in [0.2, 0.25) is 0 Å². The summed E-state index contributed by atoms with van der Waals surface area (Å²) in [5.74, 6) is 0.692. The standard InChI is InChI=1S/C28H29FO4/c1-32-22-11-13-27(29)26(17-22)24-12-9-20(16-25(24)21-6-2-3-7-21)18-33-23-8-4-5-19(15-23)10-14-28(30)31/h4-5,8-9,11-13,15-17,21H,2-3,6-7,10,14,18H2,1H3,(H,30,31). The summed E-state index contributed by atoms with van der Waals surface area (Å²) in [5, 5.41) is 8.90. The SMILES string of the molecule is COc1ccc(F)c(-c2ccc(COc3cccc(CCC(=O)O)c3)cc2C2CCCC2)c1. The Bertz CT molecular complexity index is 1120. The second kappa shape index (κ2) is 10.5. The monoisotopic (exact) mass is 448 g/mol. The van der Waals surface area contributed by atoms with E-state index in [1.54, 1.807) is 19.2 Å². The van der Waals surface area contributed by atoms with Crippen molar-refractivity contribution in [1.29, 1.82) is 0 Å². The van der Waals surface area contributed by atoms with E-state index in [-0.39, 0.29) is 12.2 Å². The first-order valence-electron chi connectivity index (χ1n) is 11.4. The third-order valence-corrected chi connectivity index (χ3v) is 6.31. The molecule has 0 heterocycles. The molecule has 33 heavy (non-hydrogen) atoms. The zero-order valence-corrected chi connectivity index (χ0v) is 18.9. The highest BCUT2D eigenvalue weighted by Gasteiger charge is 2.22. The van der Waals surface area contributed by atoms with Gasteiger partial charge in [-0.15, -0.1) is 0 Å². The molecule has 0 aliphatic heterocycles. The number of aliphatic carboxylic acids is 1. The van der Waals surface area contributed by atoms with Crippen molar-refractivity contribution in [3.8, 4) is 22.6 Å². The van der Waals surface area contributed by atoms with Crippen molar-refractivity contribution in [3.05, 3.63) is 83.2 Å². The van der Waals surface area contributed by atoms with E-state index >= 15 is 0 Å². The summed E-state index contributed by atoms with van der Waals surface area (Å²) in [6.45, 7) is 0.392. The van der Waals surface area contributed by atoms with Gasteiger partial charge < -0.3 is 14.6 Å². The first-order valence-corrected chi connectivity index (χ1v) is 11.4. The van der Waals surface area contributed by atoms with Gasteiger partial charge in [-0.05, 0) is 77.8 Å². The predicted molar refractivity (Wildman–Crippen MR) is 126 cm³/mol. The summed E-state index contributed by atoms with van der Waals surface area (Å²) < 4.78 is 26.1.